The fourth-order valence-corrected chi connectivity index (χ4v) is 2.72. The second-order valence-corrected chi connectivity index (χ2v) is 5.51. The highest BCUT2D eigenvalue weighted by atomic mass is 35.5. The lowest BCUT2D eigenvalue weighted by Gasteiger charge is -2.09. The van der Waals surface area contributed by atoms with Crippen molar-refractivity contribution in [2.24, 2.45) is 0 Å². The molecule has 0 bridgehead atoms. The van der Waals surface area contributed by atoms with Gasteiger partial charge in [0.25, 0.3) is 5.91 Å². The van der Waals surface area contributed by atoms with Gasteiger partial charge in [-0.1, -0.05) is 30.1 Å². The van der Waals surface area contributed by atoms with Crippen LogP contribution in [0.25, 0.3) is 6.08 Å². The zero-order valence-corrected chi connectivity index (χ0v) is 13.8. The van der Waals surface area contributed by atoms with Gasteiger partial charge < -0.3 is 10.1 Å². The van der Waals surface area contributed by atoms with E-state index in [2.05, 4.69) is 5.32 Å². The molecular formula is C15H16Cl2N2O3. The molecule has 1 saturated heterocycles. The average Bonchev–Trinajstić information content (AvgIpc) is 2.71. The Bertz CT molecular complexity index is 621. The van der Waals surface area contributed by atoms with Gasteiger partial charge in [0, 0.05) is 6.54 Å². The number of imide groups is 1. The fraction of sp³-hybridized carbons (Fsp3) is 0.333. The van der Waals surface area contributed by atoms with Crippen molar-refractivity contribution in [1.29, 1.82) is 0 Å². The SMILES string of the molecule is CCCN1C(=O)N/C(=C/c2cc(Cl)c(OCC)c(Cl)c2)C1=O. The lowest BCUT2D eigenvalue weighted by atomic mass is 10.1. The Balaban J connectivity index is 2.30. The number of hydrogen-bond acceptors (Lipinski definition) is 3. The Hall–Kier alpha value is -1.72. The highest BCUT2D eigenvalue weighted by molar-refractivity contribution is 6.37. The number of urea groups is 1. The van der Waals surface area contributed by atoms with Gasteiger partial charge in [-0.3, -0.25) is 9.69 Å². The molecule has 0 saturated carbocycles. The highest BCUT2D eigenvalue weighted by Crippen LogP contribution is 2.35. The lowest BCUT2D eigenvalue weighted by molar-refractivity contribution is -0.122. The van der Waals surface area contributed by atoms with Crippen LogP contribution in [0.1, 0.15) is 25.8 Å². The average molecular weight is 343 g/mol. The molecule has 1 aliphatic rings. The van der Waals surface area contributed by atoms with Crippen molar-refractivity contribution < 1.29 is 14.3 Å². The lowest BCUT2D eigenvalue weighted by Crippen LogP contribution is -2.31. The molecule has 1 N–H and O–H groups in total. The quantitative estimate of drug-likeness (QED) is 0.655. The molecule has 0 radical (unpaired) electrons. The smallest absolute Gasteiger partial charge is 0.329 e. The number of carbonyl (C=O) groups excluding carboxylic acids is 2. The molecule has 0 unspecified atom stereocenters. The predicted molar refractivity (Wildman–Crippen MR) is 86.1 cm³/mol. The number of halogens is 2. The van der Waals surface area contributed by atoms with Crippen LogP contribution in [0.15, 0.2) is 17.8 Å². The third kappa shape index (κ3) is 3.36. The predicted octanol–water partition coefficient (Wildman–Crippen LogP) is 3.69. The number of carbonyl (C=O) groups is 2. The summed E-state index contributed by atoms with van der Waals surface area (Å²) in [5.41, 5.74) is 0.815. The number of rotatable bonds is 5. The van der Waals surface area contributed by atoms with E-state index in [9.17, 15) is 9.59 Å². The summed E-state index contributed by atoms with van der Waals surface area (Å²) in [5, 5.41) is 3.25. The van der Waals surface area contributed by atoms with Gasteiger partial charge in [-0.05, 0) is 37.1 Å². The van der Waals surface area contributed by atoms with Gasteiger partial charge in [-0.2, -0.15) is 0 Å². The maximum atomic E-state index is 12.1. The number of hydrogen-bond donors (Lipinski definition) is 1. The molecule has 3 amide bonds. The van der Waals surface area contributed by atoms with E-state index in [4.69, 9.17) is 27.9 Å². The molecular weight excluding hydrogens is 327 g/mol. The topological polar surface area (TPSA) is 58.6 Å². The minimum Gasteiger partial charge on any atom is -0.491 e. The summed E-state index contributed by atoms with van der Waals surface area (Å²) >= 11 is 12.2. The van der Waals surface area contributed by atoms with Crippen molar-refractivity contribution in [1.82, 2.24) is 10.2 Å². The first kappa shape index (κ1) is 16.6. The van der Waals surface area contributed by atoms with Gasteiger partial charge >= 0.3 is 6.03 Å². The molecule has 1 fully saturated rings. The summed E-state index contributed by atoms with van der Waals surface area (Å²) in [5.74, 6) is 0.0513. The van der Waals surface area contributed by atoms with Crippen LogP contribution in [-0.4, -0.2) is 30.0 Å². The maximum Gasteiger partial charge on any atom is 0.329 e. The first-order valence-corrected chi connectivity index (χ1v) is 7.69. The van der Waals surface area contributed by atoms with Crippen LogP contribution < -0.4 is 10.1 Å². The van der Waals surface area contributed by atoms with Crippen molar-refractivity contribution in [2.75, 3.05) is 13.2 Å². The molecule has 1 aromatic carbocycles. The minimum absolute atomic E-state index is 0.203. The molecule has 0 aliphatic carbocycles. The van der Waals surface area contributed by atoms with Crippen LogP contribution in [0.5, 0.6) is 5.75 Å². The Kier molecular flexibility index (Phi) is 5.32. The van der Waals surface area contributed by atoms with E-state index in [0.717, 1.165) is 0 Å². The Morgan fingerprint density at radius 3 is 2.41 bits per heavy atom. The van der Waals surface area contributed by atoms with Crippen molar-refractivity contribution in [2.45, 2.75) is 20.3 Å². The van der Waals surface area contributed by atoms with Gasteiger partial charge in [-0.25, -0.2) is 4.79 Å². The standard InChI is InChI=1S/C15H16Cl2N2O3/c1-3-5-19-14(20)12(18-15(19)21)8-9-6-10(16)13(22-4-2)11(17)7-9/h6-8H,3-5H2,1-2H3,(H,18,21)/b12-8+. The summed E-state index contributed by atoms with van der Waals surface area (Å²) in [7, 11) is 0. The van der Waals surface area contributed by atoms with E-state index in [1.54, 1.807) is 18.2 Å². The zero-order valence-electron chi connectivity index (χ0n) is 12.3. The van der Waals surface area contributed by atoms with Gasteiger partial charge in [0.15, 0.2) is 5.75 Å². The molecule has 0 spiro atoms. The van der Waals surface area contributed by atoms with E-state index in [1.165, 1.54) is 4.90 Å². The van der Waals surface area contributed by atoms with Crippen LogP contribution in [-0.2, 0) is 4.79 Å². The molecule has 5 nitrogen and oxygen atoms in total. The van der Waals surface area contributed by atoms with Crippen LogP contribution in [0, 0.1) is 0 Å². The van der Waals surface area contributed by atoms with E-state index in [0.29, 0.717) is 40.9 Å². The number of nitrogens with one attached hydrogen (secondary N) is 1. The second kappa shape index (κ2) is 7.03. The third-order valence-corrected chi connectivity index (χ3v) is 3.59. The van der Waals surface area contributed by atoms with Crippen LogP contribution in [0.3, 0.4) is 0 Å². The number of amides is 3. The van der Waals surface area contributed by atoms with Crippen LogP contribution in [0.2, 0.25) is 10.0 Å². The molecule has 1 aliphatic heterocycles. The maximum absolute atomic E-state index is 12.1. The summed E-state index contributed by atoms with van der Waals surface area (Å²) in [6.07, 6.45) is 2.25. The first-order chi connectivity index (χ1) is 10.5. The molecule has 22 heavy (non-hydrogen) atoms. The molecule has 118 valence electrons. The summed E-state index contributed by atoms with van der Waals surface area (Å²) in [4.78, 5) is 25.0. The second-order valence-electron chi connectivity index (χ2n) is 4.69. The fourth-order valence-electron chi connectivity index (χ4n) is 2.11. The van der Waals surface area contributed by atoms with Gasteiger partial charge in [0.1, 0.15) is 5.70 Å². The van der Waals surface area contributed by atoms with Crippen LogP contribution >= 0.6 is 23.2 Å². The summed E-state index contributed by atoms with van der Waals surface area (Å²) in [6.45, 7) is 4.55. The Morgan fingerprint density at radius 1 is 1.23 bits per heavy atom. The zero-order chi connectivity index (χ0) is 16.3. The van der Waals surface area contributed by atoms with Gasteiger partial charge in [-0.15, -0.1) is 0 Å². The monoisotopic (exact) mass is 342 g/mol. The van der Waals surface area contributed by atoms with Gasteiger partial charge in [0.05, 0.1) is 16.7 Å². The molecule has 2 rings (SSSR count). The number of ether oxygens (including phenoxy) is 1. The third-order valence-electron chi connectivity index (χ3n) is 3.03. The summed E-state index contributed by atoms with van der Waals surface area (Å²) < 4.78 is 5.35. The van der Waals surface area contributed by atoms with E-state index < -0.39 is 6.03 Å². The Morgan fingerprint density at radius 2 is 1.86 bits per heavy atom. The van der Waals surface area contributed by atoms with E-state index >= 15 is 0 Å². The molecule has 0 aromatic heterocycles. The normalized spacial score (nSPS) is 16.4. The largest absolute Gasteiger partial charge is 0.491 e. The van der Waals surface area contributed by atoms with Crippen molar-refractivity contribution >= 4 is 41.2 Å². The minimum atomic E-state index is -0.416. The van der Waals surface area contributed by atoms with E-state index in [-0.39, 0.29) is 11.6 Å². The first-order valence-electron chi connectivity index (χ1n) is 6.94. The Labute approximate surface area is 138 Å². The van der Waals surface area contributed by atoms with Crippen molar-refractivity contribution in [3.63, 3.8) is 0 Å². The van der Waals surface area contributed by atoms with Gasteiger partial charge in [0.2, 0.25) is 0 Å². The molecule has 7 heteroatoms. The number of benzene rings is 1. The number of nitrogens with zero attached hydrogens (tertiary/aromatic N) is 1. The summed E-state index contributed by atoms with van der Waals surface area (Å²) in [6, 6.07) is 2.85. The van der Waals surface area contributed by atoms with Crippen molar-refractivity contribution in [3.8, 4) is 5.75 Å². The van der Waals surface area contributed by atoms with Crippen LogP contribution in [0.4, 0.5) is 4.79 Å². The van der Waals surface area contributed by atoms with Crippen molar-refractivity contribution in [3.05, 3.63) is 33.4 Å². The molecule has 1 aromatic rings. The molecule has 0 atom stereocenters. The van der Waals surface area contributed by atoms with E-state index in [1.807, 2.05) is 13.8 Å². The highest BCUT2D eigenvalue weighted by Gasteiger charge is 2.32. The molecule has 1 heterocycles.